The third-order valence-corrected chi connectivity index (χ3v) is 3.01. The molecule has 0 bridgehead atoms. The molecule has 6 heteroatoms. The van der Waals surface area contributed by atoms with Crippen molar-refractivity contribution < 1.29 is 14.3 Å². The van der Waals surface area contributed by atoms with Gasteiger partial charge in [-0.15, -0.1) is 12.4 Å². The number of carbonyl (C=O) groups is 1. The molecule has 1 fully saturated rings. The van der Waals surface area contributed by atoms with E-state index < -0.39 is 0 Å². The first-order chi connectivity index (χ1) is 9.94. The predicted molar refractivity (Wildman–Crippen MR) is 89.9 cm³/mol. The van der Waals surface area contributed by atoms with E-state index in [-0.39, 0.29) is 30.0 Å². The Morgan fingerprint density at radius 3 is 2.77 bits per heavy atom. The SMILES string of the molecule is CC(C)(C)Oc1ccccc1NC(=O)CC1COCCN1.Cl. The Hall–Kier alpha value is -1.30. The summed E-state index contributed by atoms with van der Waals surface area (Å²) in [5.41, 5.74) is 0.397. The summed E-state index contributed by atoms with van der Waals surface area (Å²) >= 11 is 0. The lowest BCUT2D eigenvalue weighted by Gasteiger charge is -2.25. The highest BCUT2D eigenvalue weighted by Gasteiger charge is 2.19. The number of anilines is 1. The predicted octanol–water partition coefficient (Wildman–Crippen LogP) is 2.60. The maximum atomic E-state index is 12.1. The first-order valence-electron chi connectivity index (χ1n) is 7.33. The van der Waals surface area contributed by atoms with Gasteiger partial charge >= 0.3 is 0 Å². The number of halogens is 1. The van der Waals surface area contributed by atoms with E-state index in [0.29, 0.717) is 31.1 Å². The minimum Gasteiger partial charge on any atom is -0.486 e. The van der Waals surface area contributed by atoms with Crippen molar-refractivity contribution >= 4 is 24.0 Å². The van der Waals surface area contributed by atoms with Gasteiger partial charge in [0.25, 0.3) is 0 Å². The fourth-order valence-electron chi connectivity index (χ4n) is 2.16. The molecule has 2 rings (SSSR count). The van der Waals surface area contributed by atoms with Gasteiger partial charge in [0.05, 0.1) is 18.9 Å². The fraction of sp³-hybridized carbons (Fsp3) is 0.562. The second-order valence-corrected chi connectivity index (χ2v) is 6.19. The zero-order chi connectivity index (χ0) is 15.3. The lowest BCUT2D eigenvalue weighted by molar-refractivity contribution is -0.117. The highest BCUT2D eigenvalue weighted by Crippen LogP contribution is 2.27. The van der Waals surface area contributed by atoms with Gasteiger partial charge in [-0.25, -0.2) is 0 Å². The number of nitrogens with one attached hydrogen (secondary N) is 2. The van der Waals surface area contributed by atoms with E-state index in [9.17, 15) is 4.79 Å². The van der Waals surface area contributed by atoms with Gasteiger partial charge in [-0.3, -0.25) is 4.79 Å². The molecule has 1 aliphatic heterocycles. The lowest BCUT2D eigenvalue weighted by atomic mass is 10.1. The van der Waals surface area contributed by atoms with Crippen LogP contribution in [0.2, 0.25) is 0 Å². The number of amides is 1. The minimum absolute atomic E-state index is 0. The summed E-state index contributed by atoms with van der Waals surface area (Å²) < 4.78 is 11.2. The largest absolute Gasteiger partial charge is 0.486 e. The Balaban J connectivity index is 0.00000242. The molecule has 0 aromatic heterocycles. The van der Waals surface area contributed by atoms with Crippen LogP contribution in [0.1, 0.15) is 27.2 Å². The molecule has 0 aliphatic carbocycles. The zero-order valence-corrected chi connectivity index (χ0v) is 14.2. The fourth-order valence-corrected chi connectivity index (χ4v) is 2.16. The van der Waals surface area contributed by atoms with Gasteiger partial charge in [0.1, 0.15) is 11.4 Å². The molecule has 124 valence electrons. The zero-order valence-electron chi connectivity index (χ0n) is 13.3. The molecule has 5 nitrogen and oxygen atoms in total. The van der Waals surface area contributed by atoms with Gasteiger partial charge in [0, 0.05) is 19.0 Å². The van der Waals surface area contributed by atoms with Crippen LogP contribution < -0.4 is 15.4 Å². The molecule has 1 heterocycles. The number of para-hydroxylation sites is 2. The molecule has 1 saturated heterocycles. The van der Waals surface area contributed by atoms with Crippen molar-refractivity contribution in [1.29, 1.82) is 0 Å². The van der Waals surface area contributed by atoms with Crippen LogP contribution in [0.4, 0.5) is 5.69 Å². The van der Waals surface area contributed by atoms with Gasteiger partial charge < -0.3 is 20.1 Å². The summed E-state index contributed by atoms with van der Waals surface area (Å²) in [6, 6.07) is 7.57. The van der Waals surface area contributed by atoms with E-state index in [1.54, 1.807) is 0 Å². The maximum absolute atomic E-state index is 12.1. The molecule has 0 spiro atoms. The summed E-state index contributed by atoms with van der Waals surface area (Å²) in [7, 11) is 0. The number of benzene rings is 1. The van der Waals surface area contributed by atoms with E-state index >= 15 is 0 Å². The van der Waals surface area contributed by atoms with Gasteiger partial charge in [-0.1, -0.05) is 12.1 Å². The van der Waals surface area contributed by atoms with E-state index in [2.05, 4.69) is 10.6 Å². The van der Waals surface area contributed by atoms with Crippen LogP contribution in [0.25, 0.3) is 0 Å². The molecule has 22 heavy (non-hydrogen) atoms. The molecule has 2 N–H and O–H groups in total. The summed E-state index contributed by atoms with van der Waals surface area (Å²) in [5.74, 6) is 0.647. The minimum atomic E-state index is -0.306. The number of morpholine rings is 1. The summed E-state index contributed by atoms with van der Waals surface area (Å²) in [4.78, 5) is 12.1. The first kappa shape index (κ1) is 18.7. The van der Waals surface area contributed by atoms with Crippen molar-refractivity contribution in [2.24, 2.45) is 0 Å². The van der Waals surface area contributed by atoms with Crippen molar-refractivity contribution in [2.45, 2.75) is 38.8 Å². The molecule has 1 atom stereocenters. The molecular weight excluding hydrogens is 304 g/mol. The van der Waals surface area contributed by atoms with Gasteiger partial charge in [0.2, 0.25) is 5.91 Å². The molecule has 0 saturated carbocycles. The summed E-state index contributed by atoms with van der Waals surface area (Å²) in [6.45, 7) is 8.02. The van der Waals surface area contributed by atoms with Crippen LogP contribution in [-0.2, 0) is 9.53 Å². The molecule has 1 unspecified atom stereocenters. The smallest absolute Gasteiger partial charge is 0.226 e. The van der Waals surface area contributed by atoms with Crippen LogP contribution in [-0.4, -0.2) is 37.3 Å². The van der Waals surface area contributed by atoms with Crippen LogP contribution in [0.3, 0.4) is 0 Å². The highest BCUT2D eigenvalue weighted by molar-refractivity contribution is 5.92. The first-order valence-corrected chi connectivity index (χ1v) is 7.33. The second-order valence-electron chi connectivity index (χ2n) is 6.19. The molecule has 1 aromatic carbocycles. The van der Waals surface area contributed by atoms with Crippen LogP contribution in [0.5, 0.6) is 5.75 Å². The number of hydrogen-bond donors (Lipinski definition) is 2. The Morgan fingerprint density at radius 1 is 1.41 bits per heavy atom. The second kappa shape index (κ2) is 8.36. The van der Waals surface area contributed by atoms with Gasteiger partial charge in [-0.2, -0.15) is 0 Å². The van der Waals surface area contributed by atoms with Crippen LogP contribution in [0.15, 0.2) is 24.3 Å². The third kappa shape index (κ3) is 6.22. The maximum Gasteiger partial charge on any atom is 0.226 e. The Labute approximate surface area is 138 Å². The average Bonchev–Trinajstić information content (AvgIpc) is 2.40. The molecule has 0 radical (unpaired) electrons. The van der Waals surface area contributed by atoms with Gasteiger partial charge in [0.15, 0.2) is 0 Å². The van der Waals surface area contributed by atoms with E-state index in [4.69, 9.17) is 9.47 Å². The van der Waals surface area contributed by atoms with Crippen LogP contribution in [0, 0.1) is 0 Å². The number of hydrogen-bond acceptors (Lipinski definition) is 4. The van der Waals surface area contributed by atoms with Crippen molar-refractivity contribution in [3.05, 3.63) is 24.3 Å². The number of ether oxygens (including phenoxy) is 2. The van der Waals surface area contributed by atoms with E-state index in [1.165, 1.54) is 0 Å². The molecule has 1 aromatic rings. The summed E-state index contributed by atoms with van der Waals surface area (Å²) in [6.07, 6.45) is 0.393. The lowest BCUT2D eigenvalue weighted by Crippen LogP contribution is -2.43. The van der Waals surface area contributed by atoms with Crippen molar-refractivity contribution in [3.8, 4) is 5.75 Å². The Kier molecular flexibility index (Phi) is 7.13. The normalized spacial score (nSPS) is 18.2. The van der Waals surface area contributed by atoms with Crippen LogP contribution >= 0.6 is 12.4 Å². The topological polar surface area (TPSA) is 59.6 Å². The average molecular weight is 329 g/mol. The number of rotatable bonds is 4. The van der Waals surface area contributed by atoms with Crippen molar-refractivity contribution in [1.82, 2.24) is 5.32 Å². The van der Waals surface area contributed by atoms with Crippen molar-refractivity contribution in [3.63, 3.8) is 0 Å². The molecule has 1 amide bonds. The monoisotopic (exact) mass is 328 g/mol. The summed E-state index contributed by atoms with van der Waals surface area (Å²) in [5, 5.41) is 6.19. The molecular formula is C16H25ClN2O3. The quantitative estimate of drug-likeness (QED) is 0.892. The van der Waals surface area contributed by atoms with E-state index in [1.807, 2.05) is 45.0 Å². The van der Waals surface area contributed by atoms with E-state index in [0.717, 1.165) is 6.54 Å². The van der Waals surface area contributed by atoms with Crippen molar-refractivity contribution in [2.75, 3.05) is 25.1 Å². The number of carbonyl (C=O) groups excluding carboxylic acids is 1. The molecule has 1 aliphatic rings. The highest BCUT2D eigenvalue weighted by atomic mass is 35.5. The van der Waals surface area contributed by atoms with Gasteiger partial charge in [-0.05, 0) is 32.9 Å². The Morgan fingerprint density at radius 2 is 2.14 bits per heavy atom. The standard InChI is InChI=1S/C16H24N2O3.ClH/c1-16(2,3)21-14-7-5-4-6-13(14)18-15(19)10-12-11-20-9-8-17-12;/h4-7,12,17H,8-11H2,1-3H3,(H,18,19);1H. The third-order valence-electron chi connectivity index (χ3n) is 3.01. The Bertz CT molecular complexity index is 483.